The summed E-state index contributed by atoms with van der Waals surface area (Å²) < 4.78 is 5.45. The summed E-state index contributed by atoms with van der Waals surface area (Å²) in [5.41, 5.74) is 2.06. The average Bonchev–Trinajstić information content (AvgIpc) is 2.66. The molecular formula is C12H11ClO2. The zero-order valence-electron chi connectivity index (χ0n) is 8.33. The van der Waals surface area contributed by atoms with E-state index in [0.717, 1.165) is 16.9 Å². The smallest absolute Gasteiger partial charge is 0.134 e. The van der Waals surface area contributed by atoms with Gasteiger partial charge >= 0.3 is 0 Å². The van der Waals surface area contributed by atoms with Crippen LogP contribution in [0.5, 0.6) is 0 Å². The van der Waals surface area contributed by atoms with Gasteiger partial charge < -0.3 is 9.52 Å². The van der Waals surface area contributed by atoms with Gasteiger partial charge in [0.2, 0.25) is 0 Å². The van der Waals surface area contributed by atoms with Crippen LogP contribution in [0, 0.1) is 6.92 Å². The van der Waals surface area contributed by atoms with Crippen molar-refractivity contribution >= 4 is 11.6 Å². The molecule has 0 aliphatic heterocycles. The first-order valence-electron chi connectivity index (χ1n) is 4.67. The van der Waals surface area contributed by atoms with E-state index in [4.69, 9.17) is 21.1 Å². The fourth-order valence-corrected chi connectivity index (χ4v) is 1.74. The number of hydrogen-bond acceptors (Lipinski definition) is 2. The summed E-state index contributed by atoms with van der Waals surface area (Å²) >= 11 is 5.87. The maximum absolute atomic E-state index is 8.90. The molecule has 1 aromatic carbocycles. The van der Waals surface area contributed by atoms with E-state index in [1.807, 2.05) is 31.2 Å². The normalized spacial score (nSPS) is 10.6. The molecule has 0 aliphatic carbocycles. The molecule has 0 spiro atoms. The van der Waals surface area contributed by atoms with E-state index in [9.17, 15) is 0 Å². The number of benzene rings is 1. The van der Waals surface area contributed by atoms with E-state index in [0.29, 0.717) is 10.8 Å². The second-order valence-corrected chi connectivity index (χ2v) is 3.82. The minimum Gasteiger partial charge on any atom is -0.459 e. The lowest BCUT2D eigenvalue weighted by Gasteiger charge is -2.02. The predicted molar refractivity (Wildman–Crippen MR) is 59.8 cm³/mol. The first-order valence-corrected chi connectivity index (χ1v) is 5.04. The molecule has 15 heavy (non-hydrogen) atoms. The number of aryl methyl sites for hydroxylation is 1. The van der Waals surface area contributed by atoms with Crippen molar-refractivity contribution in [1.29, 1.82) is 0 Å². The van der Waals surface area contributed by atoms with E-state index >= 15 is 0 Å². The second-order valence-electron chi connectivity index (χ2n) is 3.38. The summed E-state index contributed by atoms with van der Waals surface area (Å²) in [7, 11) is 0. The van der Waals surface area contributed by atoms with Crippen LogP contribution in [0.1, 0.15) is 11.3 Å². The number of rotatable bonds is 2. The van der Waals surface area contributed by atoms with Crippen LogP contribution in [-0.4, -0.2) is 5.11 Å². The third-order valence-corrected chi connectivity index (χ3v) is 2.51. The van der Waals surface area contributed by atoms with Crippen molar-refractivity contribution in [2.45, 2.75) is 13.5 Å². The Morgan fingerprint density at radius 1 is 1.27 bits per heavy atom. The molecule has 1 N–H and O–H groups in total. The van der Waals surface area contributed by atoms with Crippen LogP contribution in [0.4, 0.5) is 0 Å². The Kier molecular flexibility index (Phi) is 2.80. The highest BCUT2D eigenvalue weighted by molar-refractivity contribution is 6.30. The Morgan fingerprint density at radius 3 is 2.67 bits per heavy atom. The molecule has 0 fully saturated rings. The highest BCUT2D eigenvalue weighted by Gasteiger charge is 2.07. The van der Waals surface area contributed by atoms with E-state index in [1.54, 1.807) is 6.07 Å². The van der Waals surface area contributed by atoms with Crippen molar-refractivity contribution in [2.75, 3.05) is 0 Å². The Hall–Kier alpha value is -1.25. The van der Waals surface area contributed by atoms with Crippen molar-refractivity contribution in [3.05, 3.63) is 46.7 Å². The Bertz CT molecular complexity index is 474. The molecule has 0 saturated carbocycles. The van der Waals surface area contributed by atoms with Crippen LogP contribution in [0.25, 0.3) is 11.3 Å². The van der Waals surface area contributed by atoms with Crippen molar-refractivity contribution in [3.8, 4) is 11.3 Å². The van der Waals surface area contributed by atoms with Crippen LogP contribution in [0.2, 0.25) is 5.02 Å². The SMILES string of the molecule is Cc1cc(Cl)ccc1-c1ccc(CO)o1. The highest BCUT2D eigenvalue weighted by atomic mass is 35.5. The molecule has 78 valence electrons. The van der Waals surface area contributed by atoms with Gasteiger partial charge in [0.15, 0.2) is 0 Å². The molecular weight excluding hydrogens is 212 g/mol. The van der Waals surface area contributed by atoms with Crippen LogP contribution in [0.15, 0.2) is 34.7 Å². The second kappa shape index (κ2) is 4.09. The summed E-state index contributed by atoms with van der Waals surface area (Å²) in [6, 6.07) is 9.24. The Balaban J connectivity index is 2.44. The summed E-state index contributed by atoms with van der Waals surface area (Å²) in [5.74, 6) is 1.33. The number of halogens is 1. The maximum Gasteiger partial charge on any atom is 0.134 e. The fourth-order valence-electron chi connectivity index (χ4n) is 1.51. The highest BCUT2D eigenvalue weighted by Crippen LogP contribution is 2.27. The molecule has 1 heterocycles. The minimum absolute atomic E-state index is 0.0767. The van der Waals surface area contributed by atoms with Gasteiger partial charge in [-0.2, -0.15) is 0 Å². The van der Waals surface area contributed by atoms with Crippen LogP contribution >= 0.6 is 11.6 Å². The molecule has 0 atom stereocenters. The lowest BCUT2D eigenvalue weighted by molar-refractivity contribution is 0.248. The van der Waals surface area contributed by atoms with Crippen LogP contribution < -0.4 is 0 Å². The lowest BCUT2D eigenvalue weighted by Crippen LogP contribution is -1.81. The van der Waals surface area contributed by atoms with E-state index in [-0.39, 0.29) is 6.61 Å². The monoisotopic (exact) mass is 222 g/mol. The number of furan rings is 1. The summed E-state index contributed by atoms with van der Waals surface area (Å²) in [6.07, 6.45) is 0. The van der Waals surface area contributed by atoms with Gasteiger partial charge in [-0.1, -0.05) is 11.6 Å². The van der Waals surface area contributed by atoms with Crippen molar-refractivity contribution < 1.29 is 9.52 Å². The third-order valence-electron chi connectivity index (χ3n) is 2.27. The molecule has 0 bridgehead atoms. The van der Waals surface area contributed by atoms with Gasteiger partial charge in [-0.05, 0) is 42.8 Å². The largest absolute Gasteiger partial charge is 0.459 e. The standard InChI is InChI=1S/C12H11ClO2/c1-8-6-9(13)2-4-11(8)12-5-3-10(7-14)15-12/h2-6,14H,7H2,1H3. The molecule has 0 radical (unpaired) electrons. The lowest BCUT2D eigenvalue weighted by atomic mass is 10.1. The molecule has 2 aromatic rings. The van der Waals surface area contributed by atoms with E-state index < -0.39 is 0 Å². The number of aliphatic hydroxyl groups excluding tert-OH is 1. The van der Waals surface area contributed by atoms with Gasteiger partial charge in [0, 0.05) is 10.6 Å². The number of aliphatic hydroxyl groups is 1. The Morgan fingerprint density at radius 2 is 2.07 bits per heavy atom. The van der Waals surface area contributed by atoms with Crippen LogP contribution in [0.3, 0.4) is 0 Å². The van der Waals surface area contributed by atoms with Gasteiger partial charge in [-0.15, -0.1) is 0 Å². The van der Waals surface area contributed by atoms with Crippen LogP contribution in [-0.2, 0) is 6.61 Å². The molecule has 2 rings (SSSR count). The zero-order chi connectivity index (χ0) is 10.8. The molecule has 0 unspecified atom stereocenters. The third kappa shape index (κ3) is 2.06. The molecule has 0 saturated heterocycles. The van der Waals surface area contributed by atoms with Crippen molar-refractivity contribution in [1.82, 2.24) is 0 Å². The summed E-state index contributed by atoms with van der Waals surface area (Å²) in [6.45, 7) is 1.90. The molecule has 0 amide bonds. The van der Waals surface area contributed by atoms with E-state index in [1.165, 1.54) is 0 Å². The first-order chi connectivity index (χ1) is 7.20. The number of hydrogen-bond donors (Lipinski definition) is 1. The fraction of sp³-hybridized carbons (Fsp3) is 0.167. The van der Waals surface area contributed by atoms with Gasteiger partial charge in [0.1, 0.15) is 18.1 Å². The summed E-state index contributed by atoms with van der Waals surface area (Å²) in [4.78, 5) is 0. The van der Waals surface area contributed by atoms with E-state index in [2.05, 4.69) is 0 Å². The Labute approximate surface area is 93.1 Å². The molecule has 3 heteroatoms. The minimum atomic E-state index is -0.0767. The predicted octanol–water partition coefficient (Wildman–Crippen LogP) is 3.40. The van der Waals surface area contributed by atoms with Gasteiger partial charge in [-0.25, -0.2) is 0 Å². The van der Waals surface area contributed by atoms with Gasteiger partial charge in [0.05, 0.1) is 0 Å². The van der Waals surface area contributed by atoms with Crippen molar-refractivity contribution in [3.63, 3.8) is 0 Å². The quantitative estimate of drug-likeness (QED) is 0.845. The molecule has 1 aromatic heterocycles. The topological polar surface area (TPSA) is 33.4 Å². The molecule has 2 nitrogen and oxygen atoms in total. The van der Waals surface area contributed by atoms with Gasteiger partial charge in [-0.3, -0.25) is 0 Å². The van der Waals surface area contributed by atoms with Gasteiger partial charge in [0.25, 0.3) is 0 Å². The first kappa shape index (κ1) is 10.3. The maximum atomic E-state index is 8.90. The zero-order valence-corrected chi connectivity index (χ0v) is 9.08. The average molecular weight is 223 g/mol. The molecule has 0 aliphatic rings. The van der Waals surface area contributed by atoms with Crippen molar-refractivity contribution in [2.24, 2.45) is 0 Å². The summed E-state index contributed by atoms with van der Waals surface area (Å²) in [5, 5.41) is 9.61.